The van der Waals surface area contributed by atoms with Crippen LogP contribution in [0.15, 0.2) is 24.3 Å². The molecule has 1 unspecified atom stereocenters. The monoisotopic (exact) mass is 285 g/mol. The van der Waals surface area contributed by atoms with Gasteiger partial charge in [-0.05, 0) is 24.5 Å². The van der Waals surface area contributed by atoms with Crippen LogP contribution in [-0.4, -0.2) is 38.5 Å². The Morgan fingerprint density at radius 1 is 1.32 bits per heavy atom. The summed E-state index contributed by atoms with van der Waals surface area (Å²) in [6.45, 7) is 0.312. The van der Waals surface area contributed by atoms with Crippen LogP contribution in [0.4, 0.5) is 0 Å². The molecule has 6 heteroatoms. The molecule has 1 aromatic carbocycles. The van der Waals surface area contributed by atoms with E-state index in [2.05, 4.69) is 4.72 Å². The maximum atomic E-state index is 11.7. The van der Waals surface area contributed by atoms with Gasteiger partial charge in [0.25, 0.3) is 0 Å². The topological polar surface area (TPSA) is 75.6 Å². The van der Waals surface area contributed by atoms with Crippen molar-refractivity contribution in [1.29, 1.82) is 0 Å². The lowest BCUT2D eigenvalue weighted by Gasteiger charge is -2.12. The summed E-state index contributed by atoms with van der Waals surface area (Å²) in [6, 6.07) is 7.74. The molecule has 0 spiro atoms. The predicted molar refractivity (Wildman–Crippen MR) is 72.7 cm³/mol. The van der Waals surface area contributed by atoms with E-state index in [0.717, 1.165) is 17.7 Å². The van der Waals surface area contributed by atoms with Gasteiger partial charge in [-0.2, -0.15) is 0 Å². The summed E-state index contributed by atoms with van der Waals surface area (Å²) in [5, 5.41) is 8.63. The Balaban J connectivity index is 1.78. The molecular formula is C13H19NO4S. The van der Waals surface area contributed by atoms with E-state index < -0.39 is 10.0 Å². The maximum Gasteiger partial charge on any atom is 0.211 e. The Kier molecular flexibility index (Phi) is 4.79. The van der Waals surface area contributed by atoms with Gasteiger partial charge in [0.05, 0.1) is 5.75 Å². The van der Waals surface area contributed by atoms with Gasteiger partial charge in [0.15, 0.2) is 0 Å². The van der Waals surface area contributed by atoms with E-state index in [4.69, 9.17) is 9.84 Å². The minimum atomic E-state index is -3.27. The minimum Gasteiger partial charge on any atom is -0.488 e. The van der Waals surface area contributed by atoms with E-state index in [1.165, 1.54) is 0 Å². The lowest BCUT2D eigenvalue weighted by Crippen LogP contribution is -2.35. The van der Waals surface area contributed by atoms with Crippen LogP contribution in [0.1, 0.15) is 18.4 Å². The molecule has 0 aromatic heterocycles. The summed E-state index contributed by atoms with van der Waals surface area (Å²) < 4.78 is 31.6. The third-order valence-corrected chi connectivity index (χ3v) is 4.50. The first-order chi connectivity index (χ1) is 9.11. The van der Waals surface area contributed by atoms with Crippen molar-refractivity contribution in [3.8, 4) is 5.75 Å². The second-order valence-corrected chi connectivity index (χ2v) is 6.58. The van der Waals surface area contributed by atoms with Crippen LogP contribution in [0.3, 0.4) is 0 Å². The minimum absolute atomic E-state index is 0.0244. The van der Waals surface area contributed by atoms with Crippen molar-refractivity contribution in [3.05, 3.63) is 29.8 Å². The van der Waals surface area contributed by atoms with Gasteiger partial charge in [-0.15, -0.1) is 0 Å². The number of benzene rings is 1. The predicted octanol–water partition coefficient (Wildman–Crippen LogP) is 0.682. The van der Waals surface area contributed by atoms with E-state index in [-0.39, 0.29) is 25.0 Å². The lowest BCUT2D eigenvalue weighted by atomic mass is 10.1. The summed E-state index contributed by atoms with van der Waals surface area (Å²) in [5.74, 6) is 0.889. The number of para-hydroxylation sites is 1. The molecule has 1 aromatic rings. The normalized spacial score (nSPS) is 18.1. The molecule has 1 atom stereocenters. The number of nitrogens with one attached hydrogen (secondary N) is 1. The number of ether oxygens (including phenoxy) is 1. The highest BCUT2D eigenvalue weighted by Gasteiger charge is 2.23. The average Bonchev–Trinajstić information content (AvgIpc) is 2.79. The molecule has 1 heterocycles. The first-order valence-electron chi connectivity index (χ1n) is 6.43. The summed E-state index contributed by atoms with van der Waals surface area (Å²) in [6.07, 6.45) is 1.57. The quantitative estimate of drug-likeness (QED) is 0.723. The number of hydrogen-bond donors (Lipinski definition) is 2. The van der Waals surface area contributed by atoms with Crippen molar-refractivity contribution in [2.24, 2.45) is 0 Å². The molecule has 2 N–H and O–H groups in total. The fraction of sp³-hybridized carbons (Fsp3) is 0.538. The maximum absolute atomic E-state index is 11.7. The highest BCUT2D eigenvalue weighted by atomic mass is 32.2. The van der Waals surface area contributed by atoms with Gasteiger partial charge in [0, 0.05) is 19.6 Å². The molecule has 0 saturated carbocycles. The van der Waals surface area contributed by atoms with Gasteiger partial charge in [0.2, 0.25) is 10.0 Å². The highest BCUT2D eigenvalue weighted by molar-refractivity contribution is 7.89. The summed E-state index contributed by atoms with van der Waals surface area (Å²) >= 11 is 0. The molecule has 0 amide bonds. The fourth-order valence-electron chi connectivity index (χ4n) is 2.06. The Morgan fingerprint density at radius 3 is 2.84 bits per heavy atom. The number of aliphatic hydroxyl groups excluding tert-OH is 1. The molecule has 106 valence electrons. The fourth-order valence-corrected chi connectivity index (χ4v) is 3.23. The first kappa shape index (κ1) is 14.3. The van der Waals surface area contributed by atoms with Crippen LogP contribution in [-0.2, 0) is 16.4 Å². The second kappa shape index (κ2) is 6.36. The van der Waals surface area contributed by atoms with Crippen molar-refractivity contribution < 1.29 is 18.3 Å². The molecule has 5 nitrogen and oxygen atoms in total. The van der Waals surface area contributed by atoms with E-state index in [0.29, 0.717) is 12.8 Å². The number of fused-ring (bicyclic) bond motifs is 1. The number of aliphatic hydroxyl groups is 1. The lowest BCUT2D eigenvalue weighted by molar-refractivity contribution is 0.236. The van der Waals surface area contributed by atoms with E-state index in [1.54, 1.807) is 0 Å². The first-order valence-corrected chi connectivity index (χ1v) is 8.09. The van der Waals surface area contributed by atoms with Crippen molar-refractivity contribution in [2.45, 2.75) is 25.4 Å². The van der Waals surface area contributed by atoms with Crippen LogP contribution >= 0.6 is 0 Å². The van der Waals surface area contributed by atoms with Crippen LogP contribution in [0, 0.1) is 0 Å². The third kappa shape index (κ3) is 4.19. The zero-order chi connectivity index (χ0) is 13.7. The van der Waals surface area contributed by atoms with Crippen molar-refractivity contribution in [2.75, 3.05) is 18.9 Å². The number of rotatable bonds is 7. The Morgan fingerprint density at radius 2 is 2.11 bits per heavy atom. The van der Waals surface area contributed by atoms with Crippen molar-refractivity contribution >= 4 is 10.0 Å². The molecule has 1 aliphatic rings. The van der Waals surface area contributed by atoms with Gasteiger partial charge in [0.1, 0.15) is 11.9 Å². The van der Waals surface area contributed by atoms with Gasteiger partial charge in [-0.25, -0.2) is 13.1 Å². The summed E-state index contributed by atoms with van der Waals surface area (Å²) in [4.78, 5) is 0. The Bertz CT molecular complexity index is 490. The Labute approximate surface area is 113 Å². The second-order valence-electron chi connectivity index (χ2n) is 4.65. The van der Waals surface area contributed by atoms with Gasteiger partial charge < -0.3 is 9.84 Å². The number of unbranched alkanes of at least 4 members (excludes halogenated alkanes) is 1. The van der Waals surface area contributed by atoms with Gasteiger partial charge in [-0.1, -0.05) is 18.2 Å². The van der Waals surface area contributed by atoms with Crippen LogP contribution in [0.5, 0.6) is 5.75 Å². The molecule has 0 bridgehead atoms. The third-order valence-electron chi connectivity index (χ3n) is 3.07. The zero-order valence-corrected chi connectivity index (χ0v) is 11.5. The molecule has 19 heavy (non-hydrogen) atoms. The molecule has 1 aliphatic heterocycles. The molecule has 2 rings (SSSR count). The van der Waals surface area contributed by atoms with E-state index >= 15 is 0 Å². The zero-order valence-electron chi connectivity index (χ0n) is 10.7. The largest absolute Gasteiger partial charge is 0.488 e. The molecule has 0 saturated heterocycles. The average molecular weight is 285 g/mol. The molecule has 0 fully saturated rings. The Hall–Kier alpha value is -1.11. The summed E-state index contributed by atoms with van der Waals surface area (Å²) in [5.41, 5.74) is 1.12. The molecular weight excluding hydrogens is 266 g/mol. The van der Waals surface area contributed by atoms with Crippen molar-refractivity contribution in [1.82, 2.24) is 4.72 Å². The van der Waals surface area contributed by atoms with Crippen LogP contribution in [0.25, 0.3) is 0 Å². The molecule has 0 aliphatic carbocycles. The molecule has 0 radical (unpaired) electrons. The van der Waals surface area contributed by atoms with Crippen molar-refractivity contribution in [3.63, 3.8) is 0 Å². The summed E-state index contributed by atoms with van der Waals surface area (Å²) in [7, 11) is -3.27. The smallest absolute Gasteiger partial charge is 0.211 e. The van der Waals surface area contributed by atoms with Crippen LogP contribution < -0.4 is 9.46 Å². The van der Waals surface area contributed by atoms with Gasteiger partial charge in [-0.3, -0.25) is 0 Å². The number of hydrogen-bond acceptors (Lipinski definition) is 4. The van der Waals surface area contributed by atoms with E-state index in [9.17, 15) is 8.42 Å². The SMILES string of the molecule is O=S(=O)(CCCCO)NCC1Cc2ccccc2O1. The van der Waals surface area contributed by atoms with Crippen LogP contribution in [0.2, 0.25) is 0 Å². The van der Waals surface area contributed by atoms with E-state index in [1.807, 2.05) is 24.3 Å². The van der Waals surface area contributed by atoms with Gasteiger partial charge >= 0.3 is 0 Å². The standard InChI is InChI=1S/C13H19NO4S/c15-7-3-4-8-19(16,17)14-10-12-9-11-5-1-2-6-13(11)18-12/h1-2,5-6,12,14-15H,3-4,7-10H2. The number of sulfonamides is 1. The highest BCUT2D eigenvalue weighted by Crippen LogP contribution is 2.27.